The molecule has 0 radical (unpaired) electrons. The molecule has 3 aromatic rings. The van der Waals surface area contributed by atoms with E-state index in [-0.39, 0.29) is 5.82 Å². The largest absolute Gasteiger partial charge is 0.334 e. The number of aromatic nitrogens is 2. The van der Waals surface area contributed by atoms with Crippen molar-refractivity contribution in [3.05, 3.63) is 65.9 Å². The van der Waals surface area contributed by atoms with Gasteiger partial charge in [0.1, 0.15) is 11.6 Å². The maximum atomic E-state index is 13.7. The molecule has 0 bridgehead atoms. The highest BCUT2D eigenvalue weighted by Crippen LogP contribution is 2.27. The minimum absolute atomic E-state index is 0.159. The molecule has 4 rings (SSSR count). The van der Waals surface area contributed by atoms with Crippen LogP contribution in [-0.2, 0) is 13.0 Å². The Morgan fingerprint density at radius 2 is 1.70 bits per heavy atom. The molecule has 0 saturated heterocycles. The Kier molecular flexibility index (Phi) is 3.49. The molecule has 23 heavy (non-hydrogen) atoms. The third-order valence-electron chi connectivity index (χ3n) is 4.59. The zero-order chi connectivity index (χ0) is 15.8. The van der Waals surface area contributed by atoms with Gasteiger partial charge >= 0.3 is 0 Å². The maximum absolute atomic E-state index is 13.7. The predicted molar refractivity (Wildman–Crippen MR) is 90.7 cm³/mol. The van der Waals surface area contributed by atoms with Crippen LogP contribution in [0.5, 0.6) is 0 Å². The van der Waals surface area contributed by atoms with Gasteiger partial charge in [-0.15, -0.1) is 0 Å². The first kappa shape index (κ1) is 14.2. The summed E-state index contributed by atoms with van der Waals surface area (Å²) in [7, 11) is 0. The Balaban J connectivity index is 1.65. The van der Waals surface area contributed by atoms with Gasteiger partial charge in [0.2, 0.25) is 0 Å². The molecule has 0 saturated carbocycles. The molecule has 116 valence electrons. The molecule has 0 fully saturated rings. The van der Waals surface area contributed by atoms with Crippen molar-refractivity contribution in [3.63, 3.8) is 0 Å². The minimum atomic E-state index is -0.159. The van der Waals surface area contributed by atoms with Crippen molar-refractivity contribution in [2.24, 2.45) is 0 Å². The first-order valence-electron chi connectivity index (χ1n) is 8.14. The van der Waals surface area contributed by atoms with Gasteiger partial charge in [-0.1, -0.05) is 36.4 Å². The molecule has 3 heteroatoms. The van der Waals surface area contributed by atoms with Gasteiger partial charge in [-0.3, -0.25) is 0 Å². The average Bonchev–Trinajstić information content (AvgIpc) is 3.02. The normalized spacial score (nSPS) is 13.8. The van der Waals surface area contributed by atoms with E-state index >= 15 is 0 Å². The highest BCUT2D eigenvalue weighted by atomic mass is 19.1. The van der Waals surface area contributed by atoms with Crippen molar-refractivity contribution in [2.75, 3.05) is 0 Å². The summed E-state index contributed by atoms with van der Waals surface area (Å²) in [5.74, 6) is 1.03. The number of hydrogen-bond acceptors (Lipinski definition) is 1. The van der Waals surface area contributed by atoms with Crippen LogP contribution >= 0.6 is 0 Å². The smallest absolute Gasteiger partial charge is 0.126 e. The molecule has 2 aromatic carbocycles. The molecular formula is C20H19FN2. The number of nitrogens with zero attached hydrogens (tertiary/aromatic N) is 2. The lowest BCUT2D eigenvalue weighted by molar-refractivity contribution is 0.522. The summed E-state index contributed by atoms with van der Waals surface area (Å²) >= 11 is 0. The summed E-state index contributed by atoms with van der Waals surface area (Å²) in [6, 6.07) is 13.6. The van der Waals surface area contributed by atoms with Crippen LogP contribution in [0.3, 0.4) is 0 Å². The molecule has 1 aliphatic rings. The van der Waals surface area contributed by atoms with Crippen molar-refractivity contribution in [3.8, 4) is 22.4 Å². The first-order chi connectivity index (χ1) is 11.2. The predicted octanol–water partition coefficient (Wildman–Crippen LogP) is 5.00. The van der Waals surface area contributed by atoms with Gasteiger partial charge in [0.25, 0.3) is 0 Å². The van der Waals surface area contributed by atoms with Crippen LogP contribution in [0.15, 0.2) is 48.7 Å². The molecule has 2 heterocycles. The molecular weight excluding hydrogens is 287 g/mol. The second kappa shape index (κ2) is 5.65. The molecule has 0 N–H and O–H groups in total. The number of imidazole rings is 1. The van der Waals surface area contributed by atoms with E-state index in [1.165, 1.54) is 18.7 Å². The van der Waals surface area contributed by atoms with Gasteiger partial charge in [0, 0.05) is 24.7 Å². The summed E-state index contributed by atoms with van der Waals surface area (Å²) in [5, 5.41) is 0. The zero-order valence-electron chi connectivity index (χ0n) is 13.2. The number of hydrogen-bond donors (Lipinski definition) is 0. The Morgan fingerprint density at radius 3 is 2.43 bits per heavy atom. The Bertz CT molecular complexity index is 823. The van der Waals surface area contributed by atoms with Crippen molar-refractivity contribution in [2.45, 2.75) is 32.7 Å². The summed E-state index contributed by atoms with van der Waals surface area (Å²) in [5.41, 5.74) is 4.75. The van der Waals surface area contributed by atoms with Crippen LogP contribution < -0.4 is 0 Å². The van der Waals surface area contributed by atoms with E-state index < -0.39 is 0 Å². The van der Waals surface area contributed by atoms with Crippen LogP contribution in [-0.4, -0.2) is 9.55 Å². The summed E-state index contributed by atoms with van der Waals surface area (Å²) in [6.07, 6.45) is 5.69. The summed E-state index contributed by atoms with van der Waals surface area (Å²) in [4.78, 5) is 4.75. The summed E-state index contributed by atoms with van der Waals surface area (Å²) < 4.78 is 16.0. The average molecular weight is 306 g/mol. The van der Waals surface area contributed by atoms with Gasteiger partial charge in [-0.25, -0.2) is 9.37 Å². The number of rotatable bonds is 2. The van der Waals surface area contributed by atoms with E-state index in [9.17, 15) is 4.39 Å². The lowest BCUT2D eigenvalue weighted by Gasteiger charge is -2.11. The first-order valence-corrected chi connectivity index (χ1v) is 8.14. The monoisotopic (exact) mass is 306 g/mol. The molecule has 1 aromatic heterocycles. The Morgan fingerprint density at radius 1 is 0.957 bits per heavy atom. The second-order valence-electron chi connectivity index (χ2n) is 6.23. The zero-order valence-corrected chi connectivity index (χ0v) is 13.2. The van der Waals surface area contributed by atoms with Gasteiger partial charge in [-0.2, -0.15) is 0 Å². The van der Waals surface area contributed by atoms with E-state index in [2.05, 4.69) is 22.9 Å². The number of halogens is 1. The molecule has 0 spiro atoms. The number of benzene rings is 2. The fraction of sp³-hybridized carbons (Fsp3) is 0.250. The van der Waals surface area contributed by atoms with Crippen LogP contribution in [0.1, 0.15) is 24.2 Å². The van der Waals surface area contributed by atoms with Gasteiger partial charge < -0.3 is 4.57 Å². The van der Waals surface area contributed by atoms with E-state index in [0.29, 0.717) is 5.56 Å². The topological polar surface area (TPSA) is 17.8 Å². The van der Waals surface area contributed by atoms with E-state index in [1.54, 1.807) is 13.0 Å². The Hall–Kier alpha value is -2.42. The van der Waals surface area contributed by atoms with Crippen molar-refractivity contribution in [1.82, 2.24) is 9.55 Å². The van der Waals surface area contributed by atoms with Gasteiger partial charge in [0.05, 0.1) is 5.69 Å². The fourth-order valence-corrected chi connectivity index (χ4v) is 3.16. The number of aryl methyl sites for hydroxylation is 3. The quantitative estimate of drug-likeness (QED) is 0.651. The second-order valence-corrected chi connectivity index (χ2v) is 6.23. The third-order valence-corrected chi connectivity index (χ3v) is 4.59. The standard InChI is InChI=1S/C20H19FN2/c1-14-5-6-17(12-18(14)21)15-7-9-16(10-8-15)19-13-23-11-3-2-4-20(23)22-19/h5-10,12-13H,2-4,11H2,1H3. The molecule has 0 amide bonds. The molecule has 0 unspecified atom stereocenters. The van der Waals surface area contributed by atoms with Crippen molar-refractivity contribution in [1.29, 1.82) is 0 Å². The van der Waals surface area contributed by atoms with Crippen molar-refractivity contribution >= 4 is 0 Å². The fourth-order valence-electron chi connectivity index (χ4n) is 3.16. The van der Waals surface area contributed by atoms with Crippen LogP contribution in [0, 0.1) is 12.7 Å². The SMILES string of the molecule is Cc1ccc(-c2ccc(-c3cn4c(n3)CCCC4)cc2)cc1F. The van der Waals surface area contributed by atoms with E-state index in [0.717, 1.165) is 35.3 Å². The molecule has 0 aliphatic carbocycles. The lowest BCUT2D eigenvalue weighted by Crippen LogP contribution is -2.08. The molecule has 0 atom stereocenters. The van der Waals surface area contributed by atoms with Gasteiger partial charge in [0.15, 0.2) is 0 Å². The Labute approximate surface area is 135 Å². The van der Waals surface area contributed by atoms with E-state index in [4.69, 9.17) is 4.98 Å². The highest BCUT2D eigenvalue weighted by molar-refractivity contribution is 5.69. The minimum Gasteiger partial charge on any atom is -0.334 e. The maximum Gasteiger partial charge on any atom is 0.126 e. The van der Waals surface area contributed by atoms with Gasteiger partial charge in [-0.05, 0) is 42.5 Å². The van der Waals surface area contributed by atoms with E-state index in [1.807, 2.05) is 24.3 Å². The molecule has 1 aliphatic heterocycles. The van der Waals surface area contributed by atoms with Crippen LogP contribution in [0.25, 0.3) is 22.4 Å². The highest BCUT2D eigenvalue weighted by Gasteiger charge is 2.13. The van der Waals surface area contributed by atoms with Crippen LogP contribution in [0.4, 0.5) is 4.39 Å². The van der Waals surface area contributed by atoms with Crippen molar-refractivity contribution < 1.29 is 4.39 Å². The third kappa shape index (κ3) is 2.67. The summed E-state index contributed by atoms with van der Waals surface area (Å²) in [6.45, 7) is 2.85. The number of fused-ring (bicyclic) bond motifs is 1. The lowest BCUT2D eigenvalue weighted by atomic mass is 10.0. The molecule has 2 nitrogen and oxygen atoms in total. The van der Waals surface area contributed by atoms with Crippen LogP contribution in [0.2, 0.25) is 0 Å².